The van der Waals surface area contributed by atoms with Crippen LogP contribution in [0, 0.1) is 5.92 Å². The van der Waals surface area contributed by atoms with E-state index in [1.807, 2.05) is 4.90 Å². The maximum Gasteiger partial charge on any atom is 0.235 e. The van der Waals surface area contributed by atoms with Gasteiger partial charge in [0.05, 0.1) is 0 Å². The summed E-state index contributed by atoms with van der Waals surface area (Å²) in [7, 11) is -0.956. The van der Waals surface area contributed by atoms with Crippen LogP contribution in [0.25, 0.3) is 0 Å². The summed E-state index contributed by atoms with van der Waals surface area (Å²) in [4.78, 5) is 13.5. The van der Waals surface area contributed by atoms with Crippen molar-refractivity contribution in [3.8, 4) is 0 Å². The minimum atomic E-state index is -0.956. The molecular formula is C10H18N2O2S. The highest BCUT2D eigenvalue weighted by Crippen LogP contribution is 2.09. The van der Waals surface area contributed by atoms with Crippen LogP contribution in [0.1, 0.15) is 12.8 Å². The molecule has 0 aromatic rings. The van der Waals surface area contributed by atoms with Crippen molar-refractivity contribution >= 4 is 16.7 Å². The summed E-state index contributed by atoms with van der Waals surface area (Å²) >= 11 is 0. The molecule has 2 fully saturated rings. The summed E-state index contributed by atoms with van der Waals surface area (Å²) in [6.45, 7) is 3.65. The van der Waals surface area contributed by atoms with Gasteiger partial charge in [-0.1, -0.05) is 0 Å². The maximum absolute atomic E-state index is 11.7. The first-order valence-electron chi connectivity index (χ1n) is 5.59. The molecule has 2 aliphatic rings. The van der Waals surface area contributed by atoms with Crippen LogP contribution in [0.15, 0.2) is 0 Å². The van der Waals surface area contributed by atoms with Gasteiger partial charge in [0.15, 0.2) is 0 Å². The Morgan fingerprint density at radius 2 is 2.00 bits per heavy atom. The molecular weight excluding hydrogens is 212 g/mol. The van der Waals surface area contributed by atoms with Crippen molar-refractivity contribution in [2.45, 2.75) is 12.8 Å². The zero-order chi connectivity index (χ0) is 10.7. The predicted octanol–water partition coefficient (Wildman–Crippen LogP) is -0.423. The Morgan fingerprint density at radius 1 is 1.33 bits per heavy atom. The van der Waals surface area contributed by atoms with E-state index in [-0.39, 0.29) is 11.7 Å². The molecule has 2 aliphatic heterocycles. The molecule has 0 bridgehead atoms. The molecule has 0 aliphatic carbocycles. The molecule has 2 rings (SSSR count). The lowest BCUT2D eigenvalue weighted by Gasteiger charge is -2.26. The molecule has 0 aromatic heterocycles. The number of hydrogen-bond donors (Lipinski definition) is 1. The Kier molecular flexibility index (Phi) is 3.75. The summed E-state index contributed by atoms with van der Waals surface area (Å²) in [5.41, 5.74) is 0. The Balaban J connectivity index is 1.70. The van der Waals surface area contributed by atoms with E-state index < -0.39 is 10.8 Å². The smallest absolute Gasteiger partial charge is 0.235 e. The minimum Gasteiger partial charge on any atom is -0.342 e. The molecule has 1 amide bonds. The van der Waals surface area contributed by atoms with Gasteiger partial charge in [-0.3, -0.25) is 9.00 Å². The Bertz CT molecular complexity index is 260. The Morgan fingerprint density at radius 3 is 2.53 bits per heavy atom. The van der Waals surface area contributed by atoms with Crippen LogP contribution in [-0.4, -0.2) is 52.7 Å². The Hall–Kier alpha value is -0.420. The first kappa shape index (κ1) is 11.1. The molecule has 0 spiro atoms. The topological polar surface area (TPSA) is 49.4 Å². The van der Waals surface area contributed by atoms with E-state index >= 15 is 0 Å². The van der Waals surface area contributed by atoms with Crippen LogP contribution in [0.5, 0.6) is 0 Å². The van der Waals surface area contributed by atoms with Crippen molar-refractivity contribution in [3.63, 3.8) is 0 Å². The van der Waals surface area contributed by atoms with E-state index in [1.54, 1.807) is 0 Å². The van der Waals surface area contributed by atoms with Gasteiger partial charge >= 0.3 is 0 Å². The van der Waals surface area contributed by atoms with Gasteiger partial charge in [-0.2, -0.15) is 0 Å². The molecule has 1 N–H and O–H groups in total. The van der Waals surface area contributed by atoms with Crippen LogP contribution < -0.4 is 5.32 Å². The lowest BCUT2D eigenvalue weighted by Crippen LogP contribution is -2.45. The third kappa shape index (κ3) is 3.01. The lowest BCUT2D eigenvalue weighted by molar-refractivity contribution is -0.127. The molecule has 1 atom stereocenters. The molecule has 2 heterocycles. The number of nitrogens with zero attached hydrogens (tertiary/aromatic N) is 1. The molecule has 0 radical (unpaired) electrons. The van der Waals surface area contributed by atoms with Crippen LogP contribution in [0.4, 0.5) is 0 Å². The highest BCUT2D eigenvalue weighted by Gasteiger charge is 2.23. The van der Waals surface area contributed by atoms with Gasteiger partial charge < -0.3 is 10.2 Å². The monoisotopic (exact) mass is 230 g/mol. The van der Waals surface area contributed by atoms with E-state index in [4.69, 9.17) is 0 Å². The summed E-state index contributed by atoms with van der Waals surface area (Å²) in [5, 5.41) is 3.15. The predicted molar refractivity (Wildman–Crippen MR) is 60.1 cm³/mol. The first-order chi connectivity index (χ1) is 7.25. The standard InChI is InChI=1S/C10H18N2O2S/c13-10(12-3-1-2-4-12)8-15(14)7-9-5-11-6-9/h9,11H,1-8H2. The number of carbonyl (C=O) groups excluding carboxylic acids is 1. The van der Waals surface area contributed by atoms with Crippen LogP contribution in [0.2, 0.25) is 0 Å². The van der Waals surface area contributed by atoms with Gasteiger partial charge in [0.2, 0.25) is 5.91 Å². The van der Waals surface area contributed by atoms with Crippen molar-refractivity contribution in [2.75, 3.05) is 37.7 Å². The second-order valence-electron chi connectivity index (χ2n) is 4.36. The third-order valence-corrected chi connectivity index (χ3v) is 4.44. The number of carbonyl (C=O) groups is 1. The van der Waals surface area contributed by atoms with Crippen LogP contribution >= 0.6 is 0 Å². The van der Waals surface area contributed by atoms with Gasteiger partial charge in [-0.25, -0.2) is 0 Å². The summed E-state index contributed by atoms with van der Waals surface area (Å²) in [5.74, 6) is 1.53. The van der Waals surface area contributed by atoms with Crippen molar-refractivity contribution in [3.05, 3.63) is 0 Å². The number of hydrogen-bond acceptors (Lipinski definition) is 3. The Labute approximate surface area is 92.9 Å². The average Bonchev–Trinajstić information content (AvgIpc) is 2.64. The van der Waals surface area contributed by atoms with Crippen molar-refractivity contribution in [1.29, 1.82) is 0 Å². The fourth-order valence-corrected chi connectivity index (χ4v) is 3.32. The van der Waals surface area contributed by atoms with Crippen LogP contribution in [-0.2, 0) is 15.6 Å². The zero-order valence-electron chi connectivity index (χ0n) is 8.91. The fraction of sp³-hybridized carbons (Fsp3) is 0.900. The van der Waals surface area contributed by atoms with E-state index in [1.165, 1.54) is 0 Å². The summed E-state index contributed by atoms with van der Waals surface area (Å²) in [6, 6.07) is 0. The van der Waals surface area contributed by atoms with Crippen LogP contribution in [0.3, 0.4) is 0 Å². The average molecular weight is 230 g/mol. The van der Waals surface area contributed by atoms with E-state index in [2.05, 4.69) is 5.32 Å². The number of rotatable bonds is 4. The van der Waals surface area contributed by atoms with Crippen molar-refractivity contribution in [1.82, 2.24) is 10.2 Å². The highest BCUT2D eigenvalue weighted by atomic mass is 32.2. The molecule has 5 heteroatoms. The van der Waals surface area contributed by atoms with Crippen molar-refractivity contribution < 1.29 is 9.00 Å². The number of likely N-dealkylation sites (tertiary alicyclic amines) is 1. The van der Waals surface area contributed by atoms with Gasteiger partial charge in [-0.15, -0.1) is 0 Å². The number of nitrogens with one attached hydrogen (secondary N) is 1. The first-order valence-corrected chi connectivity index (χ1v) is 7.08. The minimum absolute atomic E-state index is 0.0816. The SMILES string of the molecule is O=C(CS(=O)CC1CNC1)N1CCCC1. The maximum atomic E-state index is 11.7. The zero-order valence-corrected chi connectivity index (χ0v) is 9.72. The molecule has 1 unspecified atom stereocenters. The molecule has 86 valence electrons. The summed E-state index contributed by atoms with van der Waals surface area (Å²) < 4.78 is 11.6. The van der Waals surface area contributed by atoms with E-state index in [0.29, 0.717) is 11.7 Å². The van der Waals surface area contributed by atoms with Gasteiger partial charge in [-0.05, 0) is 18.8 Å². The number of amides is 1. The third-order valence-electron chi connectivity index (χ3n) is 3.03. The second kappa shape index (κ2) is 5.07. The lowest BCUT2D eigenvalue weighted by atomic mass is 10.1. The van der Waals surface area contributed by atoms with Gasteiger partial charge in [0.25, 0.3) is 0 Å². The quantitative estimate of drug-likeness (QED) is 0.713. The van der Waals surface area contributed by atoms with Crippen molar-refractivity contribution in [2.24, 2.45) is 5.92 Å². The highest BCUT2D eigenvalue weighted by molar-refractivity contribution is 7.85. The van der Waals surface area contributed by atoms with E-state index in [0.717, 1.165) is 39.0 Å². The molecule has 2 saturated heterocycles. The second-order valence-corrected chi connectivity index (χ2v) is 5.86. The molecule has 0 aromatic carbocycles. The van der Waals surface area contributed by atoms with Gasteiger partial charge in [0.1, 0.15) is 5.75 Å². The largest absolute Gasteiger partial charge is 0.342 e. The molecule has 15 heavy (non-hydrogen) atoms. The normalized spacial score (nSPS) is 23.9. The summed E-state index contributed by atoms with van der Waals surface area (Å²) in [6.07, 6.45) is 2.20. The van der Waals surface area contributed by atoms with E-state index in [9.17, 15) is 9.00 Å². The molecule has 4 nitrogen and oxygen atoms in total. The molecule has 0 saturated carbocycles. The van der Waals surface area contributed by atoms with Gasteiger partial charge in [0, 0.05) is 42.7 Å². The fourth-order valence-electron chi connectivity index (χ4n) is 1.98.